The lowest BCUT2D eigenvalue weighted by molar-refractivity contribution is -0.131. The van der Waals surface area contributed by atoms with Crippen molar-refractivity contribution in [2.24, 2.45) is 0 Å². The summed E-state index contributed by atoms with van der Waals surface area (Å²) in [7, 11) is 1.58. The van der Waals surface area contributed by atoms with Gasteiger partial charge >= 0.3 is 5.97 Å². The maximum Gasteiger partial charge on any atom is 0.328 e. The fraction of sp³-hybridized carbons (Fsp3) is 0.400. The molecule has 104 valence electrons. The summed E-state index contributed by atoms with van der Waals surface area (Å²) in [4.78, 5) is 12.9. The first-order valence-corrected chi connectivity index (χ1v) is 6.41. The molecular formula is C15H21NO3. The van der Waals surface area contributed by atoms with Crippen LogP contribution in [0.5, 0.6) is 5.75 Å². The van der Waals surface area contributed by atoms with Crippen LogP contribution in [0.1, 0.15) is 25.0 Å². The van der Waals surface area contributed by atoms with Gasteiger partial charge in [0.1, 0.15) is 5.75 Å². The van der Waals surface area contributed by atoms with Gasteiger partial charge in [0, 0.05) is 18.2 Å². The Bertz CT molecular complexity index is 451. The molecule has 0 aliphatic heterocycles. The van der Waals surface area contributed by atoms with Crippen LogP contribution in [0.4, 0.5) is 0 Å². The van der Waals surface area contributed by atoms with E-state index in [2.05, 4.69) is 18.7 Å². The second-order valence-corrected chi connectivity index (χ2v) is 4.21. The van der Waals surface area contributed by atoms with E-state index in [1.165, 1.54) is 0 Å². The normalized spacial score (nSPS) is 11.2. The summed E-state index contributed by atoms with van der Waals surface area (Å²) in [6.07, 6.45) is 2.69. The Balaban J connectivity index is 2.97. The lowest BCUT2D eigenvalue weighted by atomic mass is 10.1. The van der Waals surface area contributed by atoms with Crippen LogP contribution in [0.2, 0.25) is 0 Å². The molecule has 0 bridgehead atoms. The standard InChI is InChI=1S/C15H21NO3/c1-4-16(5-2)11-12-6-8-14(19-3)13(10-12)7-9-15(17)18/h6-10H,4-5,11H2,1-3H3,(H,17,18). The van der Waals surface area contributed by atoms with E-state index in [9.17, 15) is 4.79 Å². The first-order chi connectivity index (χ1) is 9.10. The van der Waals surface area contributed by atoms with Gasteiger partial charge in [-0.05, 0) is 36.9 Å². The van der Waals surface area contributed by atoms with Gasteiger partial charge in [0.05, 0.1) is 7.11 Å². The van der Waals surface area contributed by atoms with Crippen molar-refractivity contribution in [3.63, 3.8) is 0 Å². The number of carbonyl (C=O) groups is 1. The molecule has 0 saturated heterocycles. The summed E-state index contributed by atoms with van der Waals surface area (Å²) >= 11 is 0. The number of hydrogen-bond donors (Lipinski definition) is 1. The van der Waals surface area contributed by atoms with Crippen molar-refractivity contribution in [3.05, 3.63) is 35.4 Å². The number of hydrogen-bond acceptors (Lipinski definition) is 3. The first kappa shape index (κ1) is 15.2. The molecule has 0 fully saturated rings. The van der Waals surface area contributed by atoms with Crippen molar-refractivity contribution < 1.29 is 14.6 Å². The third-order valence-electron chi connectivity index (χ3n) is 3.00. The van der Waals surface area contributed by atoms with Gasteiger partial charge in [-0.25, -0.2) is 4.79 Å². The van der Waals surface area contributed by atoms with Gasteiger partial charge in [0.15, 0.2) is 0 Å². The molecule has 0 aliphatic carbocycles. The van der Waals surface area contributed by atoms with Crippen molar-refractivity contribution in [2.45, 2.75) is 20.4 Å². The average Bonchev–Trinajstić information content (AvgIpc) is 2.42. The fourth-order valence-corrected chi connectivity index (χ4v) is 1.88. The second-order valence-electron chi connectivity index (χ2n) is 4.21. The summed E-state index contributed by atoms with van der Waals surface area (Å²) in [6, 6.07) is 5.85. The van der Waals surface area contributed by atoms with E-state index in [0.717, 1.165) is 36.8 Å². The lowest BCUT2D eigenvalue weighted by Crippen LogP contribution is -2.22. The highest BCUT2D eigenvalue weighted by Gasteiger charge is 2.05. The molecule has 0 unspecified atom stereocenters. The molecule has 1 rings (SSSR count). The zero-order valence-corrected chi connectivity index (χ0v) is 11.7. The quantitative estimate of drug-likeness (QED) is 0.768. The topological polar surface area (TPSA) is 49.8 Å². The minimum Gasteiger partial charge on any atom is -0.496 e. The van der Waals surface area contributed by atoms with Crippen molar-refractivity contribution in [3.8, 4) is 5.75 Å². The number of carboxylic acid groups (broad SMARTS) is 1. The SMILES string of the molecule is CCN(CC)Cc1ccc(OC)c(C=CC(=O)O)c1. The van der Waals surface area contributed by atoms with Crippen molar-refractivity contribution in [1.29, 1.82) is 0 Å². The highest BCUT2D eigenvalue weighted by atomic mass is 16.5. The highest BCUT2D eigenvalue weighted by molar-refractivity contribution is 5.85. The highest BCUT2D eigenvalue weighted by Crippen LogP contribution is 2.22. The maximum absolute atomic E-state index is 10.6. The fourth-order valence-electron chi connectivity index (χ4n) is 1.88. The molecule has 0 radical (unpaired) electrons. The van der Waals surface area contributed by atoms with Crippen LogP contribution in [0.3, 0.4) is 0 Å². The number of carboxylic acids is 1. The molecule has 0 amide bonds. The van der Waals surface area contributed by atoms with Gasteiger partial charge in [-0.15, -0.1) is 0 Å². The number of ether oxygens (including phenoxy) is 1. The number of aliphatic carboxylic acids is 1. The number of methoxy groups -OCH3 is 1. The molecule has 0 aliphatic rings. The smallest absolute Gasteiger partial charge is 0.328 e. The minimum absolute atomic E-state index is 0.681. The number of rotatable bonds is 7. The molecule has 1 aromatic rings. The number of nitrogens with zero attached hydrogens (tertiary/aromatic N) is 1. The average molecular weight is 263 g/mol. The first-order valence-electron chi connectivity index (χ1n) is 6.41. The predicted molar refractivity (Wildman–Crippen MR) is 76.3 cm³/mol. The molecule has 0 aromatic heterocycles. The Kier molecular flexibility index (Phi) is 6.09. The summed E-state index contributed by atoms with van der Waals surface area (Å²) in [5, 5.41) is 8.69. The molecular weight excluding hydrogens is 242 g/mol. The van der Waals surface area contributed by atoms with Gasteiger partial charge in [-0.1, -0.05) is 19.9 Å². The van der Waals surface area contributed by atoms with E-state index >= 15 is 0 Å². The maximum atomic E-state index is 10.6. The van der Waals surface area contributed by atoms with Gasteiger partial charge in [-0.3, -0.25) is 4.90 Å². The van der Waals surface area contributed by atoms with Gasteiger partial charge < -0.3 is 9.84 Å². The minimum atomic E-state index is -0.962. The van der Waals surface area contributed by atoms with Crippen LogP contribution in [-0.2, 0) is 11.3 Å². The summed E-state index contributed by atoms with van der Waals surface area (Å²) < 4.78 is 5.23. The van der Waals surface area contributed by atoms with Gasteiger partial charge in [-0.2, -0.15) is 0 Å². The lowest BCUT2D eigenvalue weighted by Gasteiger charge is -2.18. The molecule has 0 spiro atoms. The third-order valence-corrected chi connectivity index (χ3v) is 3.00. The van der Waals surface area contributed by atoms with Crippen molar-refractivity contribution in [2.75, 3.05) is 20.2 Å². The Morgan fingerprint density at radius 1 is 1.37 bits per heavy atom. The third kappa shape index (κ3) is 4.75. The Morgan fingerprint density at radius 2 is 2.05 bits per heavy atom. The molecule has 4 heteroatoms. The Labute approximate surface area is 114 Å². The van der Waals surface area contributed by atoms with Crippen LogP contribution in [-0.4, -0.2) is 36.2 Å². The molecule has 0 atom stereocenters. The summed E-state index contributed by atoms with van der Waals surface area (Å²) in [5.41, 5.74) is 1.93. The molecule has 19 heavy (non-hydrogen) atoms. The van der Waals surface area contributed by atoms with Crippen LogP contribution >= 0.6 is 0 Å². The van der Waals surface area contributed by atoms with Crippen LogP contribution in [0, 0.1) is 0 Å². The molecule has 1 aromatic carbocycles. The van der Waals surface area contributed by atoms with E-state index in [0.29, 0.717) is 5.75 Å². The van der Waals surface area contributed by atoms with Crippen molar-refractivity contribution >= 4 is 12.0 Å². The molecule has 0 saturated carbocycles. The largest absolute Gasteiger partial charge is 0.496 e. The van der Waals surface area contributed by atoms with E-state index in [1.54, 1.807) is 13.2 Å². The second kappa shape index (κ2) is 7.59. The monoisotopic (exact) mass is 263 g/mol. The molecule has 0 heterocycles. The van der Waals surface area contributed by atoms with Crippen LogP contribution in [0.25, 0.3) is 6.08 Å². The van der Waals surface area contributed by atoms with E-state index in [4.69, 9.17) is 9.84 Å². The molecule has 1 N–H and O–H groups in total. The van der Waals surface area contributed by atoms with E-state index in [1.807, 2.05) is 18.2 Å². The van der Waals surface area contributed by atoms with Gasteiger partial charge in [0.25, 0.3) is 0 Å². The Morgan fingerprint density at radius 3 is 2.58 bits per heavy atom. The zero-order valence-electron chi connectivity index (χ0n) is 11.7. The molecule has 4 nitrogen and oxygen atoms in total. The number of benzene rings is 1. The summed E-state index contributed by atoms with van der Waals surface area (Å²) in [6.45, 7) is 7.08. The van der Waals surface area contributed by atoms with Gasteiger partial charge in [0.2, 0.25) is 0 Å². The van der Waals surface area contributed by atoms with Crippen LogP contribution < -0.4 is 4.74 Å². The summed E-state index contributed by atoms with van der Waals surface area (Å²) in [5.74, 6) is -0.281. The van der Waals surface area contributed by atoms with Crippen molar-refractivity contribution in [1.82, 2.24) is 4.90 Å². The van der Waals surface area contributed by atoms with Crippen LogP contribution in [0.15, 0.2) is 24.3 Å². The predicted octanol–water partition coefficient (Wildman–Crippen LogP) is 2.63. The Hall–Kier alpha value is -1.81. The van der Waals surface area contributed by atoms with E-state index in [-0.39, 0.29) is 0 Å². The zero-order chi connectivity index (χ0) is 14.3. The van der Waals surface area contributed by atoms with E-state index < -0.39 is 5.97 Å².